The summed E-state index contributed by atoms with van der Waals surface area (Å²) >= 11 is 0. The molecule has 142 valence electrons. The van der Waals surface area contributed by atoms with E-state index < -0.39 is 0 Å². The molecule has 0 aromatic heterocycles. The lowest BCUT2D eigenvalue weighted by molar-refractivity contribution is -0.121. The average molecular weight is 455 g/mol. The van der Waals surface area contributed by atoms with Gasteiger partial charge in [0.15, 0.2) is 5.96 Å². The van der Waals surface area contributed by atoms with Crippen molar-refractivity contribution in [2.45, 2.75) is 38.1 Å². The van der Waals surface area contributed by atoms with Crippen LogP contribution in [0.15, 0.2) is 4.99 Å². The van der Waals surface area contributed by atoms with Gasteiger partial charge in [0.25, 0.3) is 0 Å². The number of nitrogens with zero attached hydrogens (tertiary/aromatic N) is 2. The quantitative estimate of drug-likeness (QED) is 0.176. The summed E-state index contributed by atoms with van der Waals surface area (Å²) in [5, 5.41) is 9.52. The molecule has 1 aliphatic rings. The highest BCUT2D eigenvalue weighted by molar-refractivity contribution is 14.0. The molecule has 0 unspecified atom stereocenters. The summed E-state index contributed by atoms with van der Waals surface area (Å²) in [4.78, 5) is 18.0. The number of likely N-dealkylation sites (N-methyl/N-ethyl adjacent to an activating group) is 1. The highest BCUT2D eigenvalue weighted by atomic mass is 127. The van der Waals surface area contributed by atoms with Crippen molar-refractivity contribution in [1.29, 1.82) is 0 Å². The molecular formula is C16H34IN5O2. The van der Waals surface area contributed by atoms with Gasteiger partial charge in [0.05, 0.1) is 0 Å². The third-order valence-corrected chi connectivity index (χ3v) is 3.71. The number of nitrogens with one attached hydrogen (secondary N) is 3. The molecule has 8 heteroatoms. The number of guanidine groups is 1. The van der Waals surface area contributed by atoms with E-state index in [0.717, 1.165) is 64.4 Å². The Morgan fingerprint density at radius 2 is 1.92 bits per heavy atom. The first-order valence-electron chi connectivity index (χ1n) is 8.57. The summed E-state index contributed by atoms with van der Waals surface area (Å²) in [6.45, 7) is 4.37. The maximum atomic E-state index is 11.6. The molecule has 3 N–H and O–H groups in total. The van der Waals surface area contributed by atoms with Crippen LogP contribution >= 0.6 is 24.0 Å². The zero-order chi connectivity index (χ0) is 16.9. The van der Waals surface area contributed by atoms with E-state index in [1.165, 1.54) is 0 Å². The molecule has 0 heterocycles. The smallest absolute Gasteiger partial charge is 0.220 e. The van der Waals surface area contributed by atoms with E-state index in [4.69, 9.17) is 4.74 Å². The van der Waals surface area contributed by atoms with Gasteiger partial charge < -0.3 is 25.6 Å². The fraction of sp³-hybridized carbons (Fsp3) is 0.875. The van der Waals surface area contributed by atoms with Crippen LogP contribution in [0.5, 0.6) is 0 Å². The molecule has 1 aliphatic carbocycles. The summed E-state index contributed by atoms with van der Waals surface area (Å²) in [7, 11) is 5.59. The van der Waals surface area contributed by atoms with E-state index in [1.807, 2.05) is 0 Å². The molecule has 0 aromatic carbocycles. The molecule has 0 bridgehead atoms. The van der Waals surface area contributed by atoms with Gasteiger partial charge in [0, 0.05) is 59.4 Å². The molecule has 1 fully saturated rings. The van der Waals surface area contributed by atoms with Crippen LogP contribution < -0.4 is 16.0 Å². The van der Waals surface area contributed by atoms with Crippen molar-refractivity contribution >= 4 is 35.8 Å². The summed E-state index contributed by atoms with van der Waals surface area (Å²) in [6.07, 6.45) is 4.71. The predicted octanol–water partition coefficient (Wildman–Crippen LogP) is 0.797. The zero-order valence-corrected chi connectivity index (χ0v) is 17.6. The lowest BCUT2D eigenvalue weighted by Crippen LogP contribution is -2.41. The summed E-state index contributed by atoms with van der Waals surface area (Å²) in [5.74, 6) is 0.952. The Morgan fingerprint density at radius 3 is 2.54 bits per heavy atom. The Labute approximate surface area is 163 Å². The second-order valence-electron chi connectivity index (χ2n) is 6.02. The first-order chi connectivity index (χ1) is 11.2. The van der Waals surface area contributed by atoms with Gasteiger partial charge in [0.2, 0.25) is 5.91 Å². The van der Waals surface area contributed by atoms with Gasteiger partial charge in [-0.05, 0) is 32.7 Å². The van der Waals surface area contributed by atoms with Crippen LogP contribution in [-0.4, -0.2) is 76.8 Å². The van der Waals surface area contributed by atoms with Gasteiger partial charge in [-0.25, -0.2) is 0 Å². The molecule has 0 radical (unpaired) electrons. The standard InChI is InChI=1S/C16H33N5O2.HI/c1-17-16(19-10-12-21(2)11-5-13-23-3)18-9-4-6-15(22)20-14-7-8-14;/h14H,4-13H2,1-3H3,(H,20,22)(H2,17,18,19);1H. The number of halogens is 1. The average Bonchev–Trinajstić information content (AvgIpc) is 3.33. The fourth-order valence-electron chi connectivity index (χ4n) is 2.16. The van der Waals surface area contributed by atoms with Crippen LogP contribution in [0.4, 0.5) is 0 Å². The summed E-state index contributed by atoms with van der Waals surface area (Å²) in [6, 6.07) is 0.450. The van der Waals surface area contributed by atoms with Crippen LogP contribution in [-0.2, 0) is 9.53 Å². The minimum atomic E-state index is 0. The number of amides is 1. The van der Waals surface area contributed by atoms with Crippen molar-refractivity contribution in [3.05, 3.63) is 0 Å². The number of hydrogen-bond acceptors (Lipinski definition) is 4. The van der Waals surface area contributed by atoms with Crippen molar-refractivity contribution in [3.8, 4) is 0 Å². The van der Waals surface area contributed by atoms with Crippen molar-refractivity contribution < 1.29 is 9.53 Å². The molecule has 1 saturated carbocycles. The van der Waals surface area contributed by atoms with E-state index >= 15 is 0 Å². The number of ether oxygens (including phenoxy) is 1. The van der Waals surface area contributed by atoms with Crippen LogP contribution in [0, 0.1) is 0 Å². The first-order valence-corrected chi connectivity index (χ1v) is 8.57. The molecule has 0 spiro atoms. The topological polar surface area (TPSA) is 78.0 Å². The summed E-state index contributed by atoms with van der Waals surface area (Å²) in [5.41, 5.74) is 0. The molecule has 7 nitrogen and oxygen atoms in total. The Bertz CT molecular complexity index is 364. The molecule has 1 amide bonds. The number of aliphatic imine (C=N–C) groups is 1. The molecule has 0 atom stereocenters. The third-order valence-electron chi connectivity index (χ3n) is 3.71. The van der Waals surface area contributed by atoms with Crippen LogP contribution in [0.2, 0.25) is 0 Å². The predicted molar refractivity (Wildman–Crippen MR) is 109 cm³/mol. The number of hydrogen-bond donors (Lipinski definition) is 3. The highest BCUT2D eigenvalue weighted by Crippen LogP contribution is 2.18. The second kappa shape index (κ2) is 14.7. The van der Waals surface area contributed by atoms with E-state index in [-0.39, 0.29) is 29.9 Å². The molecule has 0 saturated heterocycles. The highest BCUT2D eigenvalue weighted by Gasteiger charge is 2.22. The Hall–Kier alpha value is -0.610. The number of carbonyl (C=O) groups is 1. The van der Waals surface area contributed by atoms with Crippen LogP contribution in [0.3, 0.4) is 0 Å². The molecule has 1 rings (SSSR count). The number of rotatable bonds is 12. The molecule has 0 aliphatic heterocycles. The Morgan fingerprint density at radius 1 is 1.21 bits per heavy atom. The lowest BCUT2D eigenvalue weighted by atomic mass is 10.3. The lowest BCUT2D eigenvalue weighted by Gasteiger charge is -2.18. The van der Waals surface area contributed by atoms with Crippen LogP contribution in [0.25, 0.3) is 0 Å². The molecule has 24 heavy (non-hydrogen) atoms. The van der Waals surface area contributed by atoms with Gasteiger partial charge >= 0.3 is 0 Å². The van der Waals surface area contributed by atoms with Gasteiger partial charge in [-0.1, -0.05) is 0 Å². The summed E-state index contributed by atoms with van der Waals surface area (Å²) < 4.78 is 5.05. The van der Waals surface area contributed by atoms with Crippen molar-refractivity contribution in [2.24, 2.45) is 4.99 Å². The van der Waals surface area contributed by atoms with E-state index in [2.05, 4.69) is 32.9 Å². The van der Waals surface area contributed by atoms with Gasteiger partial charge in [0.1, 0.15) is 0 Å². The SMILES string of the molecule is CN=C(NCCCC(=O)NC1CC1)NCCN(C)CCCOC.I. The molecular weight excluding hydrogens is 421 g/mol. The van der Waals surface area contributed by atoms with Gasteiger partial charge in [-0.15, -0.1) is 24.0 Å². The van der Waals surface area contributed by atoms with Crippen molar-refractivity contribution in [3.63, 3.8) is 0 Å². The fourth-order valence-corrected chi connectivity index (χ4v) is 2.16. The van der Waals surface area contributed by atoms with Crippen molar-refractivity contribution in [2.75, 3.05) is 54.0 Å². The Kier molecular flexibility index (Phi) is 14.3. The monoisotopic (exact) mass is 455 g/mol. The minimum absolute atomic E-state index is 0. The van der Waals surface area contributed by atoms with Gasteiger partial charge in [-0.2, -0.15) is 0 Å². The largest absolute Gasteiger partial charge is 0.385 e. The first kappa shape index (κ1) is 23.4. The van der Waals surface area contributed by atoms with E-state index in [9.17, 15) is 4.79 Å². The maximum absolute atomic E-state index is 11.6. The van der Waals surface area contributed by atoms with E-state index in [1.54, 1.807) is 14.2 Å². The number of methoxy groups -OCH3 is 1. The second-order valence-corrected chi connectivity index (χ2v) is 6.02. The Balaban J connectivity index is 0.00000529. The minimum Gasteiger partial charge on any atom is -0.385 e. The normalized spacial score (nSPS) is 14.2. The van der Waals surface area contributed by atoms with E-state index in [0.29, 0.717) is 12.5 Å². The molecule has 0 aromatic rings. The maximum Gasteiger partial charge on any atom is 0.220 e. The van der Waals surface area contributed by atoms with Gasteiger partial charge in [-0.3, -0.25) is 9.79 Å². The van der Waals surface area contributed by atoms with Crippen molar-refractivity contribution in [1.82, 2.24) is 20.9 Å². The van der Waals surface area contributed by atoms with Crippen LogP contribution in [0.1, 0.15) is 32.1 Å². The third kappa shape index (κ3) is 12.8. The zero-order valence-electron chi connectivity index (χ0n) is 15.3. The number of carbonyl (C=O) groups excluding carboxylic acids is 1.